The third-order valence-electron chi connectivity index (χ3n) is 6.50. The van der Waals surface area contributed by atoms with Crippen LogP contribution in [0.5, 0.6) is 0 Å². The first kappa shape index (κ1) is 30.1. The number of aliphatic hydroxyl groups excluding tert-OH is 4. The molecule has 1 aliphatic rings. The Kier molecular flexibility index (Phi) is 18.7. The second-order valence-electron chi connectivity index (χ2n) is 9.54. The molecular weight excluding hydrogens is 422 g/mol. The molecule has 4 atom stereocenters. The lowest BCUT2D eigenvalue weighted by molar-refractivity contribution is -0.131. The molecule has 0 radical (unpaired) electrons. The van der Waals surface area contributed by atoms with Crippen LogP contribution in [0.25, 0.3) is 0 Å². The molecule has 0 aromatic carbocycles. The monoisotopic (exact) mass is 473 g/mol. The molecule has 1 aliphatic heterocycles. The molecule has 4 N–H and O–H groups in total. The van der Waals surface area contributed by atoms with Gasteiger partial charge in [0, 0.05) is 0 Å². The van der Waals surface area contributed by atoms with Gasteiger partial charge in [0.1, 0.15) is 18.8 Å². The third kappa shape index (κ3) is 14.2. The molecule has 0 aromatic heterocycles. The summed E-state index contributed by atoms with van der Waals surface area (Å²) in [5.41, 5.74) is 0. The van der Waals surface area contributed by atoms with E-state index in [1.54, 1.807) is 0 Å². The summed E-state index contributed by atoms with van der Waals surface area (Å²) in [5, 5.41) is 42.2. The van der Waals surface area contributed by atoms with Crippen molar-refractivity contribution in [3.63, 3.8) is 0 Å². The Balaban J connectivity index is 1.85. The Bertz CT molecular complexity index is 474. The molecule has 1 rings (SSSR count). The van der Waals surface area contributed by atoms with Crippen LogP contribution in [0.15, 0.2) is 5.16 Å². The van der Waals surface area contributed by atoms with Gasteiger partial charge in [-0.3, -0.25) is 0 Å². The van der Waals surface area contributed by atoms with Crippen LogP contribution in [0.1, 0.15) is 122 Å². The number of rotatable bonds is 21. The molecule has 1 saturated heterocycles. The molecule has 0 bridgehead atoms. The first-order chi connectivity index (χ1) is 16.1. The van der Waals surface area contributed by atoms with Gasteiger partial charge in [0.25, 0.3) is 5.90 Å². The molecule has 0 aliphatic carbocycles. The quantitative estimate of drug-likeness (QED) is 0.140. The molecule has 196 valence electrons. The van der Waals surface area contributed by atoms with Crippen LogP contribution in [-0.2, 0) is 9.57 Å². The second-order valence-corrected chi connectivity index (χ2v) is 9.54. The van der Waals surface area contributed by atoms with Crippen molar-refractivity contribution in [1.82, 2.24) is 0 Å². The summed E-state index contributed by atoms with van der Waals surface area (Å²) in [6.07, 6.45) is 18.5. The largest absolute Gasteiger partial charge is 0.468 e. The van der Waals surface area contributed by atoms with Crippen molar-refractivity contribution in [3.8, 4) is 0 Å². The number of hydrogen-bond donors (Lipinski definition) is 4. The first-order valence-corrected chi connectivity index (χ1v) is 13.6. The molecule has 1 heterocycles. The molecule has 7 heteroatoms. The van der Waals surface area contributed by atoms with Gasteiger partial charge in [-0.1, -0.05) is 110 Å². The first-order valence-electron chi connectivity index (χ1n) is 13.6. The van der Waals surface area contributed by atoms with E-state index in [1.165, 1.54) is 103 Å². The van der Waals surface area contributed by atoms with E-state index in [0.717, 1.165) is 12.8 Å². The minimum absolute atomic E-state index is 0.200. The van der Waals surface area contributed by atoms with Gasteiger partial charge in [-0.25, -0.2) is 0 Å². The SMILES string of the molecule is CCCCCCCCCCCCCCCCCCCCO/N=C1\OC(CO)C(O)C(O)C1O. The fourth-order valence-electron chi connectivity index (χ4n) is 4.25. The second kappa shape index (κ2) is 20.5. The lowest BCUT2D eigenvalue weighted by Gasteiger charge is -2.34. The summed E-state index contributed by atoms with van der Waals surface area (Å²) < 4.78 is 5.19. The molecular formula is C26H51NO6. The Labute approximate surface area is 201 Å². The average molecular weight is 474 g/mol. The Hall–Kier alpha value is -0.890. The molecule has 0 saturated carbocycles. The Morgan fingerprint density at radius 2 is 1.09 bits per heavy atom. The predicted octanol–water partition coefficient (Wildman–Crippen LogP) is 4.83. The smallest absolute Gasteiger partial charge is 0.258 e. The number of ether oxygens (including phenoxy) is 1. The van der Waals surface area contributed by atoms with Crippen molar-refractivity contribution >= 4 is 5.90 Å². The number of hydrogen-bond acceptors (Lipinski definition) is 7. The number of aliphatic hydroxyl groups is 4. The molecule has 0 amide bonds. The summed E-state index contributed by atoms with van der Waals surface area (Å²) in [6.45, 7) is 2.19. The zero-order chi connectivity index (χ0) is 24.2. The van der Waals surface area contributed by atoms with Crippen LogP contribution < -0.4 is 0 Å². The van der Waals surface area contributed by atoms with Crippen molar-refractivity contribution < 1.29 is 30.0 Å². The lowest BCUT2D eigenvalue weighted by atomic mass is 10.00. The van der Waals surface area contributed by atoms with E-state index in [0.29, 0.717) is 6.61 Å². The normalized spacial score (nSPS) is 24.2. The fourth-order valence-corrected chi connectivity index (χ4v) is 4.25. The van der Waals surface area contributed by atoms with E-state index in [4.69, 9.17) is 14.7 Å². The summed E-state index contributed by atoms with van der Waals surface area (Å²) in [6, 6.07) is 0. The minimum Gasteiger partial charge on any atom is -0.468 e. The van der Waals surface area contributed by atoms with Gasteiger partial charge in [-0.2, -0.15) is 0 Å². The van der Waals surface area contributed by atoms with E-state index in [-0.39, 0.29) is 5.90 Å². The van der Waals surface area contributed by atoms with Crippen LogP contribution in [-0.4, -0.2) is 64.0 Å². The van der Waals surface area contributed by atoms with Gasteiger partial charge in [-0.15, -0.1) is 0 Å². The third-order valence-corrected chi connectivity index (χ3v) is 6.50. The van der Waals surface area contributed by atoms with Crippen molar-refractivity contribution in [2.45, 2.75) is 147 Å². The van der Waals surface area contributed by atoms with E-state index in [2.05, 4.69) is 12.1 Å². The van der Waals surface area contributed by atoms with Crippen molar-refractivity contribution in [2.75, 3.05) is 13.2 Å². The summed E-state index contributed by atoms with van der Waals surface area (Å²) in [7, 11) is 0. The van der Waals surface area contributed by atoms with Crippen LogP contribution in [0.2, 0.25) is 0 Å². The Morgan fingerprint density at radius 3 is 1.52 bits per heavy atom. The van der Waals surface area contributed by atoms with Crippen LogP contribution in [0, 0.1) is 0 Å². The molecule has 1 fully saturated rings. The standard InChI is InChI=1S/C26H51NO6/c1-2-3-4-5-6-7-8-9-10-11-12-13-14-15-16-17-18-19-20-32-27-26-25(31)24(30)23(29)22(21-28)33-26/h22-25,28-31H,2-21H2,1H3/b27-26-. The van der Waals surface area contributed by atoms with Crippen molar-refractivity contribution in [2.24, 2.45) is 5.16 Å². The fraction of sp³-hybridized carbons (Fsp3) is 0.962. The predicted molar refractivity (Wildman–Crippen MR) is 132 cm³/mol. The summed E-state index contributed by atoms with van der Waals surface area (Å²) in [4.78, 5) is 5.18. The van der Waals surface area contributed by atoms with Crippen LogP contribution in [0.4, 0.5) is 0 Å². The highest BCUT2D eigenvalue weighted by molar-refractivity contribution is 5.82. The van der Waals surface area contributed by atoms with Crippen molar-refractivity contribution in [3.05, 3.63) is 0 Å². The van der Waals surface area contributed by atoms with Gasteiger partial charge in [0.05, 0.1) is 6.61 Å². The number of unbranched alkanes of at least 4 members (excludes halogenated alkanes) is 17. The highest BCUT2D eigenvalue weighted by Gasteiger charge is 2.42. The van der Waals surface area contributed by atoms with Crippen molar-refractivity contribution in [1.29, 1.82) is 0 Å². The highest BCUT2D eigenvalue weighted by atomic mass is 16.7. The van der Waals surface area contributed by atoms with Crippen LogP contribution in [0.3, 0.4) is 0 Å². The zero-order valence-electron chi connectivity index (χ0n) is 21.0. The van der Waals surface area contributed by atoms with Gasteiger partial charge in [-0.05, 0) is 18.0 Å². The highest BCUT2D eigenvalue weighted by Crippen LogP contribution is 2.18. The van der Waals surface area contributed by atoms with E-state index < -0.39 is 31.0 Å². The maximum atomic E-state index is 9.85. The molecule has 33 heavy (non-hydrogen) atoms. The maximum Gasteiger partial charge on any atom is 0.258 e. The minimum atomic E-state index is -1.46. The van der Waals surface area contributed by atoms with E-state index in [1.807, 2.05) is 0 Å². The number of nitrogens with zero attached hydrogens (tertiary/aromatic N) is 1. The summed E-state index contributed by atoms with van der Waals surface area (Å²) >= 11 is 0. The zero-order valence-corrected chi connectivity index (χ0v) is 21.0. The lowest BCUT2D eigenvalue weighted by Crippen LogP contribution is -2.56. The van der Waals surface area contributed by atoms with Crippen LogP contribution >= 0.6 is 0 Å². The van der Waals surface area contributed by atoms with Gasteiger partial charge in [0.2, 0.25) is 0 Å². The average Bonchev–Trinajstić information content (AvgIpc) is 2.82. The Morgan fingerprint density at radius 1 is 0.667 bits per heavy atom. The summed E-state index contributed by atoms with van der Waals surface area (Å²) in [5.74, 6) is -0.200. The van der Waals surface area contributed by atoms with Gasteiger partial charge < -0.3 is 30.0 Å². The number of oxime groups is 1. The maximum absolute atomic E-state index is 9.85. The molecule has 7 nitrogen and oxygen atoms in total. The molecule has 0 spiro atoms. The van der Waals surface area contributed by atoms with E-state index in [9.17, 15) is 15.3 Å². The topological polar surface area (TPSA) is 112 Å². The van der Waals surface area contributed by atoms with E-state index >= 15 is 0 Å². The molecule has 4 unspecified atom stereocenters. The van der Waals surface area contributed by atoms with Gasteiger partial charge >= 0.3 is 0 Å². The molecule has 0 aromatic rings. The van der Waals surface area contributed by atoms with Gasteiger partial charge in [0.15, 0.2) is 12.2 Å².